The summed E-state index contributed by atoms with van der Waals surface area (Å²) in [5, 5.41) is 3.08. The third-order valence-corrected chi connectivity index (χ3v) is 5.15. The zero-order valence-electron chi connectivity index (χ0n) is 15.2. The van der Waals surface area contributed by atoms with E-state index >= 15 is 0 Å². The standard InChI is InChI=1S/C20H30N2O3/c1-2-24-19-8-4-3-6-17(19)15-22-11-9-16(10-12-22)20(23)21-14-18-7-5-13-25-18/h3-4,6,8,16,18H,2,5,7,9-15H2,1H3,(H,21,23). The Morgan fingerprint density at radius 2 is 2.08 bits per heavy atom. The quantitative estimate of drug-likeness (QED) is 0.824. The predicted octanol–water partition coefficient (Wildman–Crippen LogP) is 2.59. The molecule has 0 radical (unpaired) electrons. The molecule has 5 nitrogen and oxygen atoms in total. The third-order valence-electron chi connectivity index (χ3n) is 5.15. The SMILES string of the molecule is CCOc1ccccc1CN1CCC(C(=O)NCC2CCCO2)CC1. The van der Waals surface area contributed by atoms with Crippen LogP contribution in [-0.4, -0.2) is 49.8 Å². The van der Waals surface area contributed by atoms with E-state index < -0.39 is 0 Å². The molecule has 1 aromatic carbocycles. The van der Waals surface area contributed by atoms with Gasteiger partial charge < -0.3 is 14.8 Å². The molecule has 0 bridgehead atoms. The summed E-state index contributed by atoms with van der Waals surface area (Å²) in [5.74, 6) is 1.31. The van der Waals surface area contributed by atoms with Crippen LogP contribution in [0.3, 0.4) is 0 Å². The molecule has 5 heteroatoms. The lowest BCUT2D eigenvalue weighted by molar-refractivity contribution is -0.127. The second kappa shape index (κ2) is 9.20. The fourth-order valence-corrected chi connectivity index (χ4v) is 3.69. The van der Waals surface area contributed by atoms with Gasteiger partial charge in [0.2, 0.25) is 5.91 Å². The summed E-state index contributed by atoms with van der Waals surface area (Å²) >= 11 is 0. The number of para-hydroxylation sites is 1. The van der Waals surface area contributed by atoms with Crippen LogP contribution in [0.2, 0.25) is 0 Å². The average molecular weight is 346 g/mol. The number of carbonyl (C=O) groups excluding carboxylic acids is 1. The fourth-order valence-electron chi connectivity index (χ4n) is 3.69. The van der Waals surface area contributed by atoms with Gasteiger partial charge in [0.15, 0.2) is 0 Å². The van der Waals surface area contributed by atoms with Crippen LogP contribution in [-0.2, 0) is 16.1 Å². The Morgan fingerprint density at radius 1 is 1.28 bits per heavy atom. The number of hydrogen-bond donors (Lipinski definition) is 1. The molecule has 0 saturated carbocycles. The molecule has 0 aromatic heterocycles. The lowest BCUT2D eigenvalue weighted by atomic mass is 9.95. The second-order valence-corrected chi connectivity index (χ2v) is 6.97. The fraction of sp³-hybridized carbons (Fsp3) is 0.650. The summed E-state index contributed by atoms with van der Waals surface area (Å²) in [4.78, 5) is 14.8. The van der Waals surface area contributed by atoms with Crippen molar-refractivity contribution in [1.29, 1.82) is 0 Å². The van der Waals surface area contributed by atoms with E-state index in [2.05, 4.69) is 22.3 Å². The van der Waals surface area contributed by atoms with Crippen LogP contribution in [0.1, 0.15) is 38.2 Å². The van der Waals surface area contributed by atoms with Crippen LogP contribution in [0.15, 0.2) is 24.3 Å². The second-order valence-electron chi connectivity index (χ2n) is 6.97. The molecule has 1 atom stereocenters. The number of rotatable bonds is 7. The molecular formula is C20H30N2O3. The maximum atomic E-state index is 12.4. The number of benzene rings is 1. The number of hydrogen-bond acceptors (Lipinski definition) is 4. The smallest absolute Gasteiger partial charge is 0.223 e. The summed E-state index contributed by atoms with van der Waals surface area (Å²) in [6.07, 6.45) is 4.25. The van der Waals surface area contributed by atoms with Gasteiger partial charge in [-0.2, -0.15) is 0 Å². The first-order valence-corrected chi connectivity index (χ1v) is 9.58. The van der Waals surface area contributed by atoms with Crippen molar-refractivity contribution in [3.05, 3.63) is 29.8 Å². The van der Waals surface area contributed by atoms with Gasteiger partial charge in [-0.1, -0.05) is 18.2 Å². The minimum atomic E-state index is 0.139. The van der Waals surface area contributed by atoms with Gasteiger partial charge in [0, 0.05) is 31.2 Å². The van der Waals surface area contributed by atoms with Crippen molar-refractivity contribution in [3.63, 3.8) is 0 Å². The van der Waals surface area contributed by atoms with Gasteiger partial charge >= 0.3 is 0 Å². The minimum Gasteiger partial charge on any atom is -0.494 e. The van der Waals surface area contributed by atoms with Gasteiger partial charge in [0.05, 0.1) is 12.7 Å². The zero-order chi connectivity index (χ0) is 17.5. The molecule has 2 fully saturated rings. The van der Waals surface area contributed by atoms with Gasteiger partial charge in [0.25, 0.3) is 0 Å². The highest BCUT2D eigenvalue weighted by atomic mass is 16.5. The molecule has 3 rings (SSSR count). The van der Waals surface area contributed by atoms with E-state index in [4.69, 9.17) is 9.47 Å². The first-order valence-electron chi connectivity index (χ1n) is 9.58. The molecular weight excluding hydrogens is 316 g/mol. The van der Waals surface area contributed by atoms with E-state index in [9.17, 15) is 4.79 Å². The summed E-state index contributed by atoms with van der Waals surface area (Å²) in [7, 11) is 0. The maximum absolute atomic E-state index is 12.4. The van der Waals surface area contributed by atoms with E-state index in [1.807, 2.05) is 19.1 Å². The van der Waals surface area contributed by atoms with Crippen molar-refractivity contribution in [2.24, 2.45) is 5.92 Å². The Balaban J connectivity index is 1.43. The van der Waals surface area contributed by atoms with Crippen molar-refractivity contribution in [1.82, 2.24) is 10.2 Å². The van der Waals surface area contributed by atoms with E-state index in [-0.39, 0.29) is 17.9 Å². The van der Waals surface area contributed by atoms with Crippen molar-refractivity contribution in [3.8, 4) is 5.75 Å². The van der Waals surface area contributed by atoms with Gasteiger partial charge in [-0.25, -0.2) is 0 Å². The highest BCUT2D eigenvalue weighted by Gasteiger charge is 2.26. The average Bonchev–Trinajstić information content (AvgIpc) is 3.16. The summed E-state index contributed by atoms with van der Waals surface area (Å²) < 4.78 is 11.3. The first-order chi connectivity index (χ1) is 12.3. The van der Waals surface area contributed by atoms with Crippen LogP contribution >= 0.6 is 0 Å². The van der Waals surface area contributed by atoms with Crippen LogP contribution in [0.25, 0.3) is 0 Å². The topological polar surface area (TPSA) is 50.8 Å². The lowest BCUT2D eigenvalue weighted by Gasteiger charge is -2.31. The Kier molecular flexibility index (Phi) is 6.70. The summed E-state index contributed by atoms with van der Waals surface area (Å²) in [5.41, 5.74) is 1.23. The van der Waals surface area contributed by atoms with E-state index in [0.717, 1.165) is 57.7 Å². The van der Waals surface area contributed by atoms with Crippen molar-refractivity contribution in [2.75, 3.05) is 32.8 Å². The molecule has 25 heavy (non-hydrogen) atoms. The van der Waals surface area contributed by atoms with Crippen LogP contribution in [0, 0.1) is 5.92 Å². The number of amides is 1. The molecule has 0 aliphatic carbocycles. The van der Waals surface area contributed by atoms with E-state index in [1.165, 1.54) is 5.56 Å². The highest BCUT2D eigenvalue weighted by Crippen LogP contribution is 2.24. The third kappa shape index (κ3) is 5.19. The van der Waals surface area contributed by atoms with Crippen LogP contribution in [0.4, 0.5) is 0 Å². The lowest BCUT2D eigenvalue weighted by Crippen LogP contribution is -2.42. The van der Waals surface area contributed by atoms with Crippen molar-refractivity contribution in [2.45, 2.75) is 45.3 Å². The van der Waals surface area contributed by atoms with Crippen LogP contribution in [0.5, 0.6) is 5.75 Å². The van der Waals surface area contributed by atoms with Gasteiger partial charge in [-0.3, -0.25) is 9.69 Å². The Morgan fingerprint density at radius 3 is 2.80 bits per heavy atom. The molecule has 1 N–H and O–H groups in total. The molecule has 1 aromatic rings. The Hall–Kier alpha value is -1.59. The van der Waals surface area contributed by atoms with Crippen LogP contribution < -0.4 is 10.1 Å². The molecule has 2 aliphatic rings. The first kappa shape index (κ1) is 18.2. The molecule has 2 saturated heterocycles. The molecule has 138 valence electrons. The predicted molar refractivity (Wildman–Crippen MR) is 97.6 cm³/mol. The number of nitrogens with one attached hydrogen (secondary N) is 1. The van der Waals surface area contributed by atoms with Crippen molar-refractivity contribution < 1.29 is 14.3 Å². The summed E-state index contributed by atoms with van der Waals surface area (Å²) in [6, 6.07) is 8.23. The molecule has 2 aliphatic heterocycles. The Bertz CT molecular complexity index is 550. The number of nitrogens with zero attached hydrogens (tertiary/aromatic N) is 1. The number of likely N-dealkylation sites (tertiary alicyclic amines) is 1. The highest BCUT2D eigenvalue weighted by molar-refractivity contribution is 5.78. The summed E-state index contributed by atoms with van der Waals surface area (Å²) in [6.45, 7) is 7.00. The zero-order valence-corrected chi connectivity index (χ0v) is 15.2. The molecule has 1 unspecified atom stereocenters. The van der Waals surface area contributed by atoms with Gasteiger partial charge in [-0.05, 0) is 51.8 Å². The molecule has 2 heterocycles. The monoisotopic (exact) mass is 346 g/mol. The number of carbonyl (C=O) groups is 1. The van der Waals surface area contributed by atoms with Gasteiger partial charge in [-0.15, -0.1) is 0 Å². The largest absolute Gasteiger partial charge is 0.494 e. The number of ether oxygens (including phenoxy) is 2. The van der Waals surface area contributed by atoms with Crippen molar-refractivity contribution >= 4 is 5.91 Å². The maximum Gasteiger partial charge on any atom is 0.223 e. The van der Waals surface area contributed by atoms with E-state index in [1.54, 1.807) is 0 Å². The normalized spacial score (nSPS) is 22.0. The minimum absolute atomic E-state index is 0.139. The van der Waals surface area contributed by atoms with E-state index in [0.29, 0.717) is 13.2 Å². The Labute approximate surface area is 150 Å². The molecule has 0 spiro atoms. The number of piperidine rings is 1. The molecule has 1 amide bonds. The van der Waals surface area contributed by atoms with Gasteiger partial charge in [0.1, 0.15) is 5.75 Å².